The number of methoxy groups -OCH3 is 1. The molecular formula is C15H20O2. The Kier molecular flexibility index (Phi) is 3.51. The second-order valence-corrected chi connectivity index (χ2v) is 5.02. The standard InChI is InChI=1S/C15H20O2/c1-10-8-11(2)15(17-3)14(9-10)12-4-6-13(16)7-5-12/h8-9,12H,4-7H2,1-3H3. The first-order valence-electron chi connectivity index (χ1n) is 6.28. The summed E-state index contributed by atoms with van der Waals surface area (Å²) in [6.45, 7) is 4.20. The summed E-state index contributed by atoms with van der Waals surface area (Å²) in [5.74, 6) is 1.90. The van der Waals surface area contributed by atoms with E-state index >= 15 is 0 Å². The quantitative estimate of drug-likeness (QED) is 0.779. The summed E-state index contributed by atoms with van der Waals surface area (Å²) in [5.41, 5.74) is 3.76. The Morgan fingerprint density at radius 2 is 1.82 bits per heavy atom. The second-order valence-electron chi connectivity index (χ2n) is 5.02. The Labute approximate surface area is 103 Å². The van der Waals surface area contributed by atoms with Crippen LogP contribution in [0, 0.1) is 13.8 Å². The maximum absolute atomic E-state index is 11.3. The predicted molar refractivity (Wildman–Crippen MR) is 68.7 cm³/mol. The molecule has 1 fully saturated rings. The fourth-order valence-corrected chi connectivity index (χ4v) is 2.82. The number of ketones is 1. The highest BCUT2D eigenvalue weighted by Gasteiger charge is 2.23. The number of ether oxygens (including phenoxy) is 1. The highest BCUT2D eigenvalue weighted by Crippen LogP contribution is 2.38. The molecule has 1 aliphatic carbocycles. The fraction of sp³-hybridized carbons (Fsp3) is 0.533. The smallest absolute Gasteiger partial charge is 0.132 e. The predicted octanol–water partition coefficient (Wildman–Crippen LogP) is 3.54. The molecule has 1 aromatic carbocycles. The third-order valence-corrected chi connectivity index (χ3v) is 3.63. The summed E-state index contributed by atoms with van der Waals surface area (Å²) in [6, 6.07) is 4.36. The molecule has 0 heterocycles. The molecular weight excluding hydrogens is 212 g/mol. The summed E-state index contributed by atoms with van der Waals surface area (Å²) in [4.78, 5) is 11.3. The van der Waals surface area contributed by atoms with Crippen LogP contribution in [0.2, 0.25) is 0 Å². The molecule has 0 unspecified atom stereocenters. The number of Topliss-reactive ketones (excluding diaryl/α,β-unsaturated/α-hetero) is 1. The summed E-state index contributed by atoms with van der Waals surface area (Å²) < 4.78 is 5.53. The van der Waals surface area contributed by atoms with E-state index in [1.807, 2.05) is 0 Å². The molecule has 0 atom stereocenters. The first kappa shape index (κ1) is 12.2. The van der Waals surface area contributed by atoms with E-state index in [0.29, 0.717) is 11.7 Å². The highest BCUT2D eigenvalue weighted by atomic mass is 16.5. The van der Waals surface area contributed by atoms with E-state index in [1.54, 1.807) is 7.11 Å². The Morgan fingerprint density at radius 3 is 2.41 bits per heavy atom. The van der Waals surface area contributed by atoms with Gasteiger partial charge in [0.25, 0.3) is 0 Å². The van der Waals surface area contributed by atoms with Crippen LogP contribution in [0.1, 0.15) is 48.3 Å². The van der Waals surface area contributed by atoms with Crippen molar-refractivity contribution in [3.8, 4) is 5.75 Å². The van der Waals surface area contributed by atoms with E-state index in [2.05, 4.69) is 26.0 Å². The van der Waals surface area contributed by atoms with Gasteiger partial charge in [0, 0.05) is 12.8 Å². The van der Waals surface area contributed by atoms with Crippen molar-refractivity contribution in [2.45, 2.75) is 45.4 Å². The molecule has 2 rings (SSSR count). The van der Waals surface area contributed by atoms with Crippen LogP contribution >= 0.6 is 0 Å². The molecule has 0 spiro atoms. The molecule has 2 heteroatoms. The second kappa shape index (κ2) is 4.91. The molecule has 1 aromatic rings. The molecule has 2 nitrogen and oxygen atoms in total. The SMILES string of the molecule is COc1c(C)cc(C)cc1C1CCC(=O)CC1. The van der Waals surface area contributed by atoms with Gasteiger partial charge in [-0.25, -0.2) is 0 Å². The van der Waals surface area contributed by atoms with Gasteiger partial charge < -0.3 is 4.74 Å². The molecule has 1 saturated carbocycles. The van der Waals surface area contributed by atoms with E-state index in [1.165, 1.54) is 16.7 Å². The highest BCUT2D eigenvalue weighted by molar-refractivity contribution is 5.79. The molecule has 0 amide bonds. The zero-order chi connectivity index (χ0) is 12.4. The average molecular weight is 232 g/mol. The lowest BCUT2D eigenvalue weighted by Gasteiger charge is -2.24. The minimum absolute atomic E-state index is 0.407. The zero-order valence-electron chi connectivity index (χ0n) is 10.9. The van der Waals surface area contributed by atoms with Crippen molar-refractivity contribution < 1.29 is 9.53 Å². The minimum atomic E-state index is 0.407. The molecule has 0 bridgehead atoms. The van der Waals surface area contributed by atoms with Crippen LogP contribution in [-0.2, 0) is 4.79 Å². The van der Waals surface area contributed by atoms with Gasteiger partial charge in [0.15, 0.2) is 0 Å². The number of carbonyl (C=O) groups excluding carboxylic acids is 1. The number of hydrogen-bond donors (Lipinski definition) is 0. The lowest BCUT2D eigenvalue weighted by molar-refractivity contribution is -0.120. The Hall–Kier alpha value is -1.31. The van der Waals surface area contributed by atoms with E-state index in [0.717, 1.165) is 31.4 Å². The van der Waals surface area contributed by atoms with Gasteiger partial charge in [-0.15, -0.1) is 0 Å². The Balaban J connectivity index is 2.33. The van der Waals surface area contributed by atoms with Gasteiger partial charge in [0.1, 0.15) is 11.5 Å². The minimum Gasteiger partial charge on any atom is -0.496 e. The van der Waals surface area contributed by atoms with Gasteiger partial charge >= 0.3 is 0 Å². The normalized spacial score (nSPS) is 17.2. The van der Waals surface area contributed by atoms with Crippen molar-refractivity contribution in [2.24, 2.45) is 0 Å². The molecule has 0 aromatic heterocycles. The van der Waals surface area contributed by atoms with Crippen LogP contribution in [0.3, 0.4) is 0 Å². The van der Waals surface area contributed by atoms with Crippen molar-refractivity contribution >= 4 is 5.78 Å². The number of rotatable bonds is 2. The van der Waals surface area contributed by atoms with Crippen LogP contribution in [0.25, 0.3) is 0 Å². The maximum atomic E-state index is 11.3. The van der Waals surface area contributed by atoms with Crippen molar-refractivity contribution in [1.29, 1.82) is 0 Å². The van der Waals surface area contributed by atoms with Crippen LogP contribution in [0.5, 0.6) is 5.75 Å². The zero-order valence-corrected chi connectivity index (χ0v) is 10.9. The van der Waals surface area contributed by atoms with Gasteiger partial charge in [0.05, 0.1) is 7.11 Å². The van der Waals surface area contributed by atoms with E-state index in [9.17, 15) is 4.79 Å². The molecule has 92 valence electrons. The molecule has 0 N–H and O–H groups in total. The van der Waals surface area contributed by atoms with Crippen LogP contribution in [-0.4, -0.2) is 12.9 Å². The molecule has 1 aliphatic rings. The average Bonchev–Trinajstić information content (AvgIpc) is 2.29. The molecule has 0 aliphatic heterocycles. The molecule has 0 radical (unpaired) electrons. The van der Waals surface area contributed by atoms with Crippen LogP contribution in [0.15, 0.2) is 12.1 Å². The van der Waals surface area contributed by atoms with E-state index in [4.69, 9.17) is 4.74 Å². The third-order valence-electron chi connectivity index (χ3n) is 3.63. The maximum Gasteiger partial charge on any atom is 0.132 e. The van der Waals surface area contributed by atoms with Gasteiger partial charge in [-0.1, -0.05) is 17.7 Å². The van der Waals surface area contributed by atoms with E-state index in [-0.39, 0.29) is 0 Å². The summed E-state index contributed by atoms with van der Waals surface area (Å²) in [6.07, 6.45) is 3.39. The molecule has 0 saturated heterocycles. The molecule has 17 heavy (non-hydrogen) atoms. The van der Waals surface area contributed by atoms with Crippen molar-refractivity contribution in [3.05, 3.63) is 28.8 Å². The van der Waals surface area contributed by atoms with Crippen LogP contribution < -0.4 is 4.74 Å². The monoisotopic (exact) mass is 232 g/mol. The first-order chi connectivity index (χ1) is 8.11. The van der Waals surface area contributed by atoms with Crippen LogP contribution in [0.4, 0.5) is 0 Å². The van der Waals surface area contributed by atoms with Gasteiger partial charge in [0.2, 0.25) is 0 Å². The largest absolute Gasteiger partial charge is 0.496 e. The van der Waals surface area contributed by atoms with Crippen molar-refractivity contribution in [3.63, 3.8) is 0 Å². The fourth-order valence-electron chi connectivity index (χ4n) is 2.82. The topological polar surface area (TPSA) is 26.3 Å². The number of benzene rings is 1. The Morgan fingerprint density at radius 1 is 1.18 bits per heavy atom. The number of carbonyl (C=O) groups is 1. The van der Waals surface area contributed by atoms with Crippen molar-refractivity contribution in [1.82, 2.24) is 0 Å². The third kappa shape index (κ3) is 2.51. The van der Waals surface area contributed by atoms with Gasteiger partial charge in [-0.2, -0.15) is 0 Å². The summed E-state index contributed by atoms with van der Waals surface area (Å²) in [7, 11) is 1.73. The van der Waals surface area contributed by atoms with E-state index < -0.39 is 0 Å². The lowest BCUT2D eigenvalue weighted by Crippen LogP contribution is -2.13. The van der Waals surface area contributed by atoms with Crippen molar-refractivity contribution in [2.75, 3.05) is 7.11 Å². The van der Waals surface area contributed by atoms with Gasteiger partial charge in [-0.05, 0) is 43.7 Å². The summed E-state index contributed by atoms with van der Waals surface area (Å²) in [5, 5.41) is 0. The summed E-state index contributed by atoms with van der Waals surface area (Å²) >= 11 is 0. The number of aryl methyl sites for hydroxylation is 2. The van der Waals surface area contributed by atoms with Gasteiger partial charge in [-0.3, -0.25) is 4.79 Å². The first-order valence-corrected chi connectivity index (χ1v) is 6.28. The Bertz CT molecular complexity index is 425. The number of hydrogen-bond acceptors (Lipinski definition) is 2. The lowest BCUT2D eigenvalue weighted by atomic mass is 9.82.